The van der Waals surface area contributed by atoms with Crippen LogP contribution in [-0.2, 0) is 11.8 Å². The third-order valence-corrected chi connectivity index (χ3v) is 6.01. The molecule has 1 aromatic heterocycles. The van der Waals surface area contributed by atoms with E-state index in [0.717, 1.165) is 41.3 Å². The minimum absolute atomic E-state index is 0.268. The molecule has 2 heterocycles. The van der Waals surface area contributed by atoms with Gasteiger partial charge in [-0.2, -0.15) is 4.99 Å². The van der Waals surface area contributed by atoms with E-state index < -0.39 is 0 Å². The number of amides is 1. The van der Waals surface area contributed by atoms with E-state index in [1.54, 1.807) is 6.07 Å². The number of carbonyl (C=O) groups excluding carboxylic acids is 1. The van der Waals surface area contributed by atoms with Crippen molar-refractivity contribution in [2.75, 3.05) is 37.8 Å². The summed E-state index contributed by atoms with van der Waals surface area (Å²) in [5.41, 5.74) is 3.53. The van der Waals surface area contributed by atoms with Crippen LogP contribution < -0.4 is 10.6 Å². The number of thioether (sulfide) groups is 1. The molecule has 160 valence electrons. The summed E-state index contributed by atoms with van der Waals surface area (Å²) in [5.74, 6) is 0.554. The molecule has 1 amide bonds. The Hall–Kier alpha value is -2.81. The fourth-order valence-electron chi connectivity index (χ4n) is 3.14. The van der Waals surface area contributed by atoms with Crippen LogP contribution in [-0.4, -0.2) is 52.7 Å². The minimum atomic E-state index is -0.268. The topological polar surface area (TPSA) is 74.6 Å². The van der Waals surface area contributed by atoms with Crippen molar-refractivity contribution in [1.29, 1.82) is 0 Å². The highest BCUT2D eigenvalue weighted by Gasteiger charge is 2.22. The summed E-state index contributed by atoms with van der Waals surface area (Å²) >= 11 is 7.48. The predicted octanol–water partition coefficient (Wildman–Crippen LogP) is 4.28. The number of rotatable bonds is 6. The summed E-state index contributed by atoms with van der Waals surface area (Å²) in [6.45, 7) is 1.73. The average Bonchev–Trinajstić information content (AvgIpc) is 3.23. The van der Waals surface area contributed by atoms with Gasteiger partial charge in [-0.05, 0) is 61.8 Å². The first-order valence-electron chi connectivity index (χ1n) is 9.80. The molecule has 31 heavy (non-hydrogen) atoms. The summed E-state index contributed by atoms with van der Waals surface area (Å²) in [6.07, 6.45) is 1.85. The number of fused-ring (bicyclic) bond motifs is 1. The van der Waals surface area contributed by atoms with Crippen molar-refractivity contribution in [2.24, 2.45) is 12.0 Å². The number of nitrogens with zero attached hydrogens (tertiary/aromatic N) is 4. The molecule has 7 nitrogen and oxygen atoms in total. The van der Waals surface area contributed by atoms with Gasteiger partial charge < -0.3 is 20.1 Å². The molecular formula is C22H23ClN6OS. The van der Waals surface area contributed by atoms with E-state index in [4.69, 9.17) is 11.6 Å². The molecule has 2 aromatic carbocycles. The third kappa shape index (κ3) is 4.92. The number of carbonyl (C=O) groups is 1. The van der Waals surface area contributed by atoms with Crippen molar-refractivity contribution in [1.82, 2.24) is 14.5 Å². The highest BCUT2D eigenvalue weighted by molar-refractivity contribution is 8.18. The molecule has 0 aliphatic carbocycles. The van der Waals surface area contributed by atoms with Crippen molar-refractivity contribution in [3.63, 3.8) is 0 Å². The molecule has 0 atom stereocenters. The lowest BCUT2D eigenvalue weighted by molar-refractivity contribution is -0.113. The zero-order valence-corrected chi connectivity index (χ0v) is 19.1. The molecule has 0 saturated carbocycles. The zero-order valence-electron chi connectivity index (χ0n) is 17.5. The fraction of sp³-hybridized carbons (Fsp3) is 0.227. The van der Waals surface area contributed by atoms with E-state index in [2.05, 4.69) is 25.5 Å². The number of aryl methyl sites for hydroxylation is 1. The summed E-state index contributed by atoms with van der Waals surface area (Å²) in [4.78, 5) is 23.8. The standard InChI is InChI=1S/C22H23ClN6OS/c1-28(2)11-10-24-21-25-17-9-8-14(12-18(17)29(21)3)13-19-20(30)27-22(31-19)26-16-7-5-4-6-15(16)23/h4-9,12-13H,10-11H2,1-3H3,(H,24,25)(H,26,27,30)/b19-13-. The molecular weight excluding hydrogens is 432 g/mol. The first kappa shape index (κ1) is 21.4. The van der Waals surface area contributed by atoms with Crippen molar-refractivity contribution in [3.05, 3.63) is 58.0 Å². The van der Waals surface area contributed by atoms with E-state index in [1.807, 2.05) is 68.2 Å². The van der Waals surface area contributed by atoms with Gasteiger partial charge in [0.15, 0.2) is 5.17 Å². The van der Waals surface area contributed by atoms with Gasteiger partial charge >= 0.3 is 0 Å². The molecule has 0 fully saturated rings. The number of anilines is 2. The van der Waals surface area contributed by atoms with Crippen LogP contribution in [0.5, 0.6) is 0 Å². The van der Waals surface area contributed by atoms with E-state index in [1.165, 1.54) is 11.8 Å². The second-order valence-corrected chi connectivity index (χ2v) is 8.85. The van der Waals surface area contributed by atoms with Crippen LogP contribution >= 0.6 is 23.4 Å². The number of benzene rings is 2. The smallest absolute Gasteiger partial charge is 0.286 e. The second-order valence-electron chi connectivity index (χ2n) is 7.41. The monoisotopic (exact) mass is 454 g/mol. The number of nitrogens with one attached hydrogen (secondary N) is 2. The highest BCUT2D eigenvalue weighted by Crippen LogP contribution is 2.31. The molecule has 0 unspecified atom stereocenters. The van der Waals surface area contributed by atoms with Crippen LogP contribution in [0.4, 0.5) is 11.6 Å². The van der Waals surface area contributed by atoms with Crippen molar-refractivity contribution < 1.29 is 4.79 Å². The van der Waals surface area contributed by atoms with E-state index in [0.29, 0.717) is 15.1 Å². The van der Waals surface area contributed by atoms with Crippen LogP contribution in [0.2, 0.25) is 5.02 Å². The highest BCUT2D eigenvalue weighted by atomic mass is 35.5. The van der Waals surface area contributed by atoms with Crippen LogP contribution in [0.15, 0.2) is 52.4 Å². The van der Waals surface area contributed by atoms with E-state index in [9.17, 15) is 4.79 Å². The molecule has 4 rings (SSSR count). The van der Waals surface area contributed by atoms with Crippen LogP contribution in [0.1, 0.15) is 5.56 Å². The van der Waals surface area contributed by atoms with Crippen LogP contribution in [0.25, 0.3) is 17.1 Å². The summed E-state index contributed by atoms with van der Waals surface area (Å²) in [7, 11) is 6.06. The predicted molar refractivity (Wildman–Crippen MR) is 131 cm³/mol. The molecule has 0 spiro atoms. The Morgan fingerprint density at radius 3 is 2.81 bits per heavy atom. The first-order valence-corrected chi connectivity index (χ1v) is 11.0. The van der Waals surface area contributed by atoms with E-state index in [-0.39, 0.29) is 5.91 Å². The Kier molecular flexibility index (Phi) is 6.31. The molecule has 0 saturated heterocycles. The zero-order chi connectivity index (χ0) is 22.0. The lowest BCUT2D eigenvalue weighted by Gasteiger charge is -2.10. The van der Waals surface area contributed by atoms with Crippen molar-refractivity contribution in [2.45, 2.75) is 0 Å². The van der Waals surface area contributed by atoms with Gasteiger partial charge in [-0.3, -0.25) is 4.79 Å². The fourth-order valence-corrected chi connectivity index (χ4v) is 4.15. The number of likely N-dealkylation sites (N-methyl/N-ethyl adjacent to an activating group) is 1. The summed E-state index contributed by atoms with van der Waals surface area (Å²) in [6, 6.07) is 13.3. The summed E-state index contributed by atoms with van der Waals surface area (Å²) < 4.78 is 2.03. The Balaban J connectivity index is 1.51. The maximum absolute atomic E-state index is 12.4. The Bertz CT molecular complexity index is 1200. The quantitative estimate of drug-likeness (QED) is 0.541. The number of aromatic nitrogens is 2. The maximum atomic E-state index is 12.4. The van der Waals surface area contributed by atoms with Gasteiger partial charge in [-0.25, -0.2) is 4.98 Å². The van der Waals surface area contributed by atoms with Gasteiger partial charge in [0.2, 0.25) is 5.95 Å². The number of halogens is 1. The van der Waals surface area contributed by atoms with Gasteiger partial charge in [-0.15, -0.1) is 0 Å². The number of hydrogen-bond donors (Lipinski definition) is 2. The van der Waals surface area contributed by atoms with Gasteiger partial charge in [0.05, 0.1) is 26.6 Å². The SMILES string of the molecule is CN(C)CCNc1nc2ccc(/C=C3\SC(Nc4ccccc4Cl)=NC3=O)cc2n1C. The first-order chi connectivity index (χ1) is 14.9. The largest absolute Gasteiger partial charge is 0.354 e. The molecule has 2 N–H and O–H groups in total. The molecule has 0 bridgehead atoms. The number of aliphatic imine (C=N–C) groups is 1. The third-order valence-electron chi connectivity index (χ3n) is 4.78. The number of para-hydroxylation sites is 1. The van der Waals surface area contributed by atoms with Crippen LogP contribution in [0.3, 0.4) is 0 Å². The van der Waals surface area contributed by atoms with Crippen molar-refractivity contribution in [3.8, 4) is 0 Å². The lowest BCUT2D eigenvalue weighted by Crippen LogP contribution is -2.21. The number of amidine groups is 1. The minimum Gasteiger partial charge on any atom is -0.354 e. The van der Waals surface area contributed by atoms with E-state index >= 15 is 0 Å². The van der Waals surface area contributed by atoms with Gasteiger partial charge in [0, 0.05) is 20.1 Å². The lowest BCUT2D eigenvalue weighted by atomic mass is 10.2. The molecule has 1 aliphatic heterocycles. The molecule has 1 aliphatic rings. The van der Waals surface area contributed by atoms with Gasteiger partial charge in [0.25, 0.3) is 5.91 Å². The Morgan fingerprint density at radius 1 is 1.23 bits per heavy atom. The summed E-state index contributed by atoms with van der Waals surface area (Å²) in [5, 5.41) is 7.57. The maximum Gasteiger partial charge on any atom is 0.286 e. The number of imidazole rings is 1. The van der Waals surface area contributed by atoms with Crippen LogP contribution in [0, 0.1) is 0 Å². The number of hydrogen-bond acceptors (Lipinski definition) is 6. The molecule has 0 radical (unpaired) electrons. The second kappa shape index (κ2) is 9.13. The molecule has 3 aromatic rings. The van der Waals surface area contributed by atoms with Gasteiger partial charge in [0.1, 0.15) is 0 Å². The van der Waals surface area contributed by atoms with Crippen molar-refractivity contribution >= 4 is 63.2 Å². The molecule has 9 heteroatoms. The average molecular weight is 455 g/mol. The Labute approximate surface area is 190 Å². The normalized spacial score (nSPS) is 15.2. The van der Waals surface area contributed by atoms with Gasteiger partial charge in [-0.1, -0.05) is 29.8 Å². The Morgan fingerprint density at radius 2 is 2.03 bits per heavy atom.